The van der Waals surface area contributed by atoms with Crippen molar-refractivity contribution in [1.29, 1.82) is 0 Å². The van der Waals surface area contributed by atoms with Gasteiger partial charge in [-0.3, -0.25) is 14.6 Å². The van der Waals surface area contributed by atoms with Crippen LogP contribution in [0.1, 0.15) is 27.0 Å². The van der Waals surface area contributed by atoms with Gasteiger partial charge in [0, 0.05) is 24.6 Å². The van der Waals surface area contributed by atoms with Crippen LogP contribution in [0.2, 0.25) is 0 Å². The first-order chi connectivity index (χ1) is 14.0. The highest BCUT2D eigenvalue weighted by Gasteiger charge is 2.07. The Morgan fingerprint density at radius 3 is 2.48 bits per heavy atom. The number of nitrogens with one attached hydrogen (secondary N) is 2. The van der Waals surface area contributed by atoms with Crippen LogP contribution in [-0.4, -0.2) is 23.4 Å². The molecule has 6 heteroatoms. The molecular weight excluding hydrogens is 366 g/mol. The van der Waals surface area contributed by atoms with Gasteiger partial charge in [0.25, 0.3) is 11.8 Å². The Balaban J connectivity index is 1.46. The fraction of sp³-hybridized carbons (Fsp3) is 0.174. The molecule has 3 rings (SSSR count). The lowest BCUT2D eigenvalue weighted by atomic mass is 10.1. The largest absolute Gasteiger partial charge is 0.484 e. The van der Waals surface area contributed by atoms with E-state index in [1.165, 1.54) is 11.8 Å². The summed E-state index contributed by atoms with van der Waals surface area (Å²) < 4.78 is 5.54. The Hall–Kier alpha value is -3.67. The van der Waals surface area contributed by atoms with Crippen molar-refractivity contribution in [3.05, 3.63) is 89.2 Å². The average molecular weight is 389 g/mol. The second-order valence-corrected chi connectivity index (χ2v) is 6.70. The topological polar surface area (TPSA) is 80.3 Å². The molecule has 0 spiro atoms. The molecule has 0 unspecified atom stereocenters. The van der Waals surface area contributed by atoms with Crippen LogP contribution in [0.15, 0.2) is 67.0 Å². The Bertz CT molecular complexity index is 986. The van der Waals surface area contributed by atoms with Crippen molar-refractivity contribution < 1.29 is 14.3 Å². The normalized spacial score (nSPS) is 10.3. The molecule has 0 saturated heterocycles. The third-order valence-corrected chi connectivity index (χ3v) is 4.46. The number of anilines is 1. The summed E-state index contributed by atoms with van der Waals surface area (Å²) in [7, 11) is 0. The SMILES string of the molecule is Cc1ccc(OCC(=O)Nc2ccc(CNC(=O)c3cccnc3)cc2)cc1C. The average Bonchev–Trinajstić information content (AvgIpc) is 2.74. The zero-order valence-corrected chi connectivity index (χ0v) is 16.4. The number of amides is 2. The molecule has 2 N–H and O–H groups in total. The van der Waals surface area contributed by atoms with E-state index in [1.807, 2.05) is 44.2 Å². The van der Waals surface area contributed by atoms with Crippen LogP contribution in [-0.2, 0) is 11.3 Å². The first-order valence-electron chi connectivity index (χ1n) is 9.28. The number of aromatic nitrogens is 1. The Morgan fingerprint density at radius 1 is 1.00 bits per heavy atom. The van der Waals surface area contributed by atoms with E-state index in [0.717, 1.165) is 11.1 Å². The maximum Gasteiger partial charge on any atom is 0.262 e. The maximum absolute atomic E-state index is 12.1. The van der Waals surface area contributed by atoms with E-state index in [2.05, 4.69) is 15.6 Å². The number of hydrogen-bond donors (Lipinski definition) is 2. The van der Waals surface area contributed by atoms with Crippen molar-refractivity contribution in [2.45, 2.75) is 20.4 Å². The molecule has 2 aromatic carbocycles. The predicted octanol–water partition coefficient (Wildman–Crippen LogP) is 3.65. The van der Waals surface area contributed by atoms with E-state index >= 15 is 0 Å². The van der Waals surface area contributed by atoms with Crippen molar-refractivity contribution in [3.8, 4) is 5.75 Å². The first-order valence-corrected chi connectivity index (χ1v) is 9.28. The van der Waals surface area contributed by atoms with Gasteiger partial charge in [-0.05, 0) is 66.9 Å². The molecule has 0 saturated carbocycles. The molecular formula is C23H23N3O3. The van der Waals surface area contributed by atoms with Gasteiger partial charge >= 0.3 is 0 Å². The van der Waals surface area contributed by atoms with Crippen LogP contribution >= 0.6 is 0 Å². The second-order valence-electron chi connectivity index (χ2n) is 6.70. The summed E-state index contributed by atoms with van der Waals surface area (Å²) in [5, 5.41) is 5.63. The minimum atomic E-state index is -0.235. The number of nitrogens with zero attached hydrogens (tertiary/aromatic N) is 1. The molecule has 0 radical (unpaired) electrons. The van der Waals surface area contributed by atoms with Crippen molar-refractivity contribution in [2.75, 3.05) is 11.9 Å². The molecule has 3 aromatic rings. The Labute approximate surface area is 169 Å². The smallest absolute Gasteiger partial charge is 0.262 e. The fourth-order valence-corrected chi connectivity index (χ4v) is 2.64. The Morgan fingerprint density at radius 2 is 1.79 bits per heavy atom. The molecule has 0 aliphatic carbocycles. The lowest BCUT2D eigenvalue weighted by molar-refractivity contribution is -0.118. The van der Waals surface area contributed by atoms with Crippen LogP contribution in [0.4, 0.5) is 5.69 Å². The lowest BCUT2D eigenvalue weighted by Crippen LogP contribution is -2.23. The number of rotatable bonds is 7. The van der Waals surface area contributed by atoms with Crippen LogP contribution < -0.4 is 15.4 Å². The van der Waals surface area contributed by atoms with Gasteiger partial charge in [-0.2, -0.15) is 0 Å². The van der Waals surface area contributed by atoms with Crippen LogP contribution in [0.25, 0.3) is 0 Å². The highest BCUT2D eigenvalue weighted by atomic mass is 16.5. The first kappa shape index (κ1) is 20.1. The van der Waals surface area contributed by atoms with E-state index in [0.29, 0.717) is 23.5 Å². The number of carbonyl (C=O) groups is 2. The summed E-state index contributed by atoms with van der Waals surface area (Å²) in [5.74, 6) is 0.253. The predicted molar refractivity (Wildman–Crippen MR) is 112 cm³/mol. The number of carbonyl (C=O) groups excluding carboxylic acids is 2. The van der Waals surface area contributed by atoms with Crippen LogP contribution in [0.3, 0.4) is 0 Å². The molecule has 0 aliphatic heterocycles. The lowest BCUT2D eigenvalue weighted by Gasteiger charge is -2.10. The monoisotopic (exact) mass is 389 g/mol. The summed E-state index contributed by atoms with van der Waals surface area (Å²) in [6.45, 7) is 4.35. The van der Waals surface area contributed by atoms with Gasteiger partial charge in [0.1, 0.15) is 5.75 Å². The number of aryl methyl sites for hydroxylation is 2. The van der Waals surface area contributed by atoms with E-state index in [9.17, 15) is 9.59 Å². The van der Waals surface area contributed by atoms with Crippen molar-refractivity contribution in [3.63, 3.8) is 0 Å². The molecule has 0 atom stereocenters. The highest BCUT2D eigenvalue weighted by Crippen LogP contribution is 2.16. The summed E-state index contributed by atoms with van der Waals surface area (Å²) >= 11 is 0. The van der Waals surface area contributed by atoms with Gasteiger partial charge in [0.05, 0.1) is 5.56 Å². The van der Waals surface area contributed by atoms with Crippen LogP contribution in [0.5, 0.6) is 5.75 Å². The summed E-state index contributed by atoms with van der Waals surface area (Å²) in [6, 6.07) is 16.4. The van der Waals surface area contributed by atoms with E-state index < -0.39 is 0 Å². The van der Waals surface area contributed by atoms with E-state index in [-0.39, 0.29) is 18.4 Å². The zero-order valence-electron chi connectivity index (χ0n) is 16.4. The van der Waals surface area contributed by atoms with Gasteiger partial charge in [0.15, 0.2) is 6.61 Å². The number of ether oxygens (including phenoxy) is 1. The minimum absolute atomic E-state index is 0.0641. The minimum Gasteiger partial charge on any atom is -0.484 e. The molecule has 29 heavy (non-hydrogen) atoms. The number of hydrogen-bond acceptors (Lipinski definition) is 4. The fourth-order valence-electron chi connectivity index (χ4n) is 2.64. The molecule has 6 nitrogen and oxygen atoms in total. The molecule has 0 fully saturated rings. The highest BCUT2D eigenvalue weighted by molar-refractivity contribution is 5.94. The zero-order chi connectivity index (χ0) is 20.6. The van der Waals surface area contributed by atoms with Gasteiger partial charge in [-0.25, -0.2) is 0 Å². The maximum atomic E-state index is 12.1. The van der Waals surface area contributed by atoms with Gasteiger partial charge in [-0.1, -0.05) is 18.2 Å². The Kier molecular flexibility index (Phi) is 6.58. The van der Waals surface area contributed by atoms with Crippen molar-refractivity contribution >= 4 is 17.5 Å². The second kappa shape index (κ2) is 9.50. The summed E-state index contributed by atoms with van der Waals surface area (Å²) in [6.07, 6.45) is 3.14. The van der Waals surface area contributed by atoms with Crippen molar-refractivity contribution in [2.24, 2.45) is 0 Å². The van der Waals surface area contributed by atoms with Gasteiger partial charge in [0.2, 0.25) is 0 Å². The summed E-state index contributed by atoms with van der Waals surface area (Å²) in [5.41, 5.74) is 4.40. The van der Waals surface area contributed by atoms with Crippen molar-refractivity contribution in [1.82, 2.24) is 10.3 Å². The molecule has 0 bridgehead atoms. The number of benzene rings is 2. The quantitative estimate of drug-likeness (QED) is 0.646. The van der Waals surface area contributed by atoms with E-state index in [4.69, 9.17) is 4.74 Å². The third-order valence-electron chi connectivity index (χ3n) is 4.46. The van der Waals surface area contributed by atoms with Crippen LogP contribution in [0, 0.1) is 13.8 Å². The number of pyridine rings is 1. The molecule has 0 aliphatic rings. The molecule has 1 aromatic heterocycles. The van der Waals surface area contributed by atoms with Gasteiger partial charge < -0.3 is 15.4 Å². The molecule has 1 heterocycles. The summed E-state index contributed by atoms with van der Waals surface area (Å²) in [4.78, 5) is 28.1. The molecule has 148 valence electrons. The standard InChI is InChI=1S/C23H23N3O3/c1-16-5-10-21(12-17(16)2)29-15-22(27)26-20-8-6-18(7-9-20)13-25-23(28)19-4-3-11-24-14-19/h3-12,14H,13,15H2,1-2H3,(H,25,28)(H,26,27). The van der Waals surface area contributed by atoms with E-state index in [1.54, 1.807) is 30.5 Å². The third kappa shape index (κ3) is 5.90. The van der Waals surface area contributed by atoms with Gasteiger partial charge in [-0.15, -0.1) is 0 Å². The molecule has 2 amide bonds.